The number of anilines is 1. The number of benzene rings is 1. The van der Waals surface area contributed by atoms with Crippen LogP contribution in [-0.4, -0.2) is 48.0 Å². The zero-order valence-electron chi connectivity index (χ0n) is 15.9. The summed E-state index contributed by atoms with van der Waals surface area (Å²) in [7, 11) is -3.78. The van der Waals surface area contributed by atoms with Crippen LogP contribution in [0.5, 0.6) is 5.75 Å². The number of carbonyl (C=O) groups excluding carboxylic acids is 1. The lowest BCUT2D eigenvalue weighted by molar-refractivity contribution is -0.119. The van der Waals surface area contributed by atoms with E-state index in [2.05, 4.69) is 15.5 Å². The van der Waals surface area contributed by atoms with Gasteiger partial charge in [-0.25, -0.2) is 8.42 Å². The first-order valence-electron chi connectivity index (χ1n) is 9.33. The molecule has 1 atom stereocenters. The van der Waals surface area contributed by atoms with Crippen molar-refractivity contribution in [3.8, 4) is 5.75 Å². The minimum Gasteiger partial charge on any atom is -0.494 e. The van der Waals surface area contributed by atoms with Gasteiger partial charge in [-0.2, -0.15) is 4.31 Å². The molecule has 2 heterocycles. The molecule has 1 aliphatic heterocycles. The topological polar surface area (TPSA) is 101 Å². The van der Waals surface area contributed by atoms with E-state index in [0.29, 0.717) is 36.9 Å². The minimum atomic E-state index is -3.78. The quantitative estimate of drug-likeness (QED) is 0.699. The van der Waals surface area contributed by atoms with Gasteiger partial charge in [-0.15, -0.1) is 10.2 Å². The van der Waals surface area contributed by atoms with Crippen LogP contribution in [0.15, 0.2) is 29.2 Å². The number of hydrogen-bond acceptors (Lipinski definition) is 7. The summed E-state index contributed by atoms with van der Waals surface area (Å²) in [5.41, 5.74) is 0. The molecule has 0 spiro atoms. The fourth-order valence-corrected chi connectivity index (χ4v) is 5.61. The van der Waals surface area contributed by atoms with Crippen molar-refractivity contribution in [1.29, 1.82) is 0 Å². The third kappa shape index (κ3) is 4.50. The number of ether oxygens (including phenoxy) is 1. The predicted octanol–water partition coefficient (Wildman–Crippen LogP) is 2.68. The van der Waals surface area contributed by atoms with Gasteiger partial charge in [0.15, 0.2) is 0 Å². The van der Waals surface area contributed by atoms with E-state index >= 15 is 0 Å². The van der Waals surface area contributed by atoms with Gasteiger partial charge in [0.25, 0.3) is 0 Å². The molecular formula is C18H24N4O4S2. The number of sulfonamides is 1. The van der Waals surface area contributed by atoms with Crippen LogP contribution in [0.1, 0.15) is 38.1 Å². The van der Waals surface area contributed by atoms with E-state index in [1.807, 2.05) is 13.8 Å². The first-order chi connectivity index (χ1) is 13.5. The van der Waals surface area contributed by atoms with Gasteiger partial charge in [-0.3, -0.25) is 10.1 Å². The second-order valence-electron chi connectivity index (χ2n) is 6.42. The van der Waals surface area contributed by atoms with Crippen LogP contribution in [-0.2, 0) is 21.2 Å². The molecule has 1 aromatic carbocycles. The summed E-state index contributed by atoms with van der Waals surface area (Å²) in [5.74, 6) is 0.238. The molecule has 1 aromatic heterocycles. The maximum atomic E-state index is 13.0. The van der Waals surface area contributed by atoms with E-state index in [9.17, 15) is 13.2 Å². The molecule has 8 nitrogen and oxygen atoms in total. The number of aryl methyl sites for hydroxylation is 1. The van der Waals surface area contributed by atoms with Crippen molar-refractivity contribution in [3.63, 3.8) is 0 Å². The molecule has 1 amide bonds. The molecule has 3 rings (SSSR count). The summed E-state index contributed by atoms with van der Waals surface area (Å²) >= 11 is 1.32. The molecular weight excluding hydrogens is 400 g/mol. The third-order valence-electron chi connectivity index (χ3n) is 4.41. The highest BCUT2D eigenvalue weighted by Gasteiger charge is 2.39. The lowest BCUT2D eigenvalue weighted by atomic mass is 10.2. The van der Waals surface area contributed by atoms with E-state index in [-0.39, 0.29) is 10.8 Å². The Labute approximate surface area is 169 Å². The number of nitrogens with one attached hydrogen (secondary N) is 1. The smallest absolute Gasteiger partial charge is 0.244 e. The largest absolute Gasteiger partial charge is 0.494 e. The number of amides is 1. The predicted molar refractivity (Wildman–Crippen MR) is 107 cm³/mol. The van der Waals surface area contributed by atoms with E-state index in [1.54, 1.807) is 12.1 Å². The van der Waals surface area contributed by atoms with Crippen LogP contribution in [0.3, 0.4) is 0 Å². The number of carbonyl (C=O) groups is 1. The molecule has 1 N–H and O–H groups in total. The fourth-order valence-electron chi connectivity index (χ4n) is 3.11. The van der Waals surface area contributed by atoms with Crippen LogP contribution in [0.25, 0.3) is 0 Å². The van der Waals surface area contributed by atoms with E-state index in [4.69, 9.17) is 4.74 Å². The second kappa shape index (κ2) is 8.97. The average Bonchev–Trinajstić information content (AvgIpc) is 3.33. The fraction of sp³-hybridized carbons (Fsp3) is 0.500. The zero-order chi connectivity index (χ0) is 20.1. The summed E-state index contributed by atoms with van der Waals surface area (Å²) in [6.45, 7) is 4.72. The van der Waals surface area contributed by atoms with Gasteiger partial charge >= 0.3 is 0 Å². The monoisotopic (exact) mass is 424 g/mol. The highest BCUT2D eigenvalue weighted by atomic mass is 32.2. The van der Waals surface area contributed by atoms with Gasteiger partial charge in [-0.05, 0) is 50.5 Å². The van der Waals surface area contributed by atoms with Gasteiger partial charge in [0.05, 0.1) is 11.5 Å². The van der Waals surface area contributed by atoms with Crippen molar-refractivity contribution in [3.05, 3.63) is 29.3 Å². The SMILES string of the molecule is CCCc1nnc(NC(=O)[C@@H]2CCCN2S(=O)(=O)c2ccc(OCC)cc2)s1. The number of hydrogen-bond donors (Lipinski definition) is 1. The summed E-state index contributed by atoms with van der Waals surface area (Å²) < 4.78 is 32.7. The molecule has 0 bridgehead atoms. The lowest BCUT2D eigenvalue weighted by Crippen LogP contribution is -2.43. The van der Waals surface area contributed by atoms with Crippen LogP contribution >= 0.6 is 11.3 Å². The molecule has 1 saturated heterocycles. The number of nitrogens with zero attached hydrogens (tertiary/aromatic N) is 3. The van der Waals surface area contributed by atoms with Gasteiger partial charge in [0, 0.05) is 13.0 Å². The van der Waals surface area contributed by atoms with Gasteiger partial charge < -0.3 is 4.74 Å². The Hall–Kier alpha value is -2.04. The van der Waals surface area contributed by atoms with Crippen molar-refractivity contribution in [1.82, 2.24) is 14.5 Å². The maximum Gasteiger partial charge on any atom is 0.244 e. The molecule has 0 saturated carbocycles. The molecule has 0 unspecified atom stereocenters. The van der Waals surface area contributed by atoms with Crippen LogP contribution < -0.4 is 10.1 Å². The maximum absolute atomic E-state index is 13.0. The second-order valence-corrected chi connectivity index (χ2v) is 9.37. The van der Waals surface area contributed by atoms with E-state index in [1.165, 1.54) is 27.8 Å². The molecule has 152 valence electrons. The molecule has 2 aromatic rings. The van der Waals surface area contributed by atoms with Crippen LogP contribution in [0.2, 0.25) is 0 Å². The van der Waals surface area contributed by atoms with Crippen molar-refractivity contribution in [2.75, 3.05) is 18.5 Å². The number of rotatable bonds is 8. The Bertz CT molecular complexity index is 912. The zero-order valence-corrected chi connectivity index (χ0v) is 17.6. The van der Waals surface area contributed by atoms with Crippen molar-refractivity contribution < 1.29 is 17.9 Å². The van der Waals surface area contributed by atoms with Crippen molar-refractivity contribution in [2.45, 2.75) is 50.5 Å². The standard InChI is InChI=1S/C18H24N4O4S2/c1-3-6-16-20-21-18(27-16)19-17(23)15-7-5-12-22(15)28(24,25)14-10-8-13(9-11-14)26-4-2/h8-11,15H,3-7,12H2,1-2H3,(H,19,21,23)/t15-/m0/s1. The van der Waals surface area contributed by atoms with Gasteiger partial charge in [0.1, 0.15) is 16.8 Å². The van der Waals surface area contributed by atoms with Crippen molar-refractivity contribution >= 4 is 32.4 Å². The Balaban J connectivity index is 1.74. The summed E-state index contributed by atoms with van der Waals surface area (Å²) in [5, 5.41) is 12.0. The Morgan fingerprint density at radius 3 is 2.71 bits per heavy atom. The minimum absolute atomic E-state index is 0.150. The summed E-state index contributed by atoms with van der Waals surface area (Å²) in [6, 6.07) is 5.51. The normalized spacial score (nSPS) is 17.6. The highest BCUT2D eigenvalue weighted by molar-refractivity contribution is 7.89. The number of aromatic nitrogens is 2. The van der Waals surface area contributed by atoms with Gasteiger partial charge in [-0.1, -0.05) is 18.3 Å². The Morgan fingerprint density at radius 2 is 2.04 bits per heavy atom. The van der Waals surface area contributed by atoms with Crippen LogP contribution in [0, 0.1) is 0 Å². The van der Waals surface area contributed by atoms with Crippen LogP contribution in [0.4, 0.5) is 5.13 Å². The molecule has 10 heteroatoms. The Kier molecular flexibility index (Phi) is 6.63. The van der Waals surface area contributed by atoms with Gasteiger partial charge in [0.2, 0.25) is 21.1 Å². The Morgan fingerprint density at radius 1 is 1.29 bits per heavy atom. The summed E-state index contributed by atoms with van der Waals surface area (Å²) in [4.78, 5) is 12.9. The molecule has 1 fully saturated rings. The highest BCUT2D eigenvalue weighted by Crippen LogP contribution is 2.28. The van der Waals surface area contributed by atoms with E-state index < -0.39 is 16.1 Å². The molecule has 28 heavy (non-hydrogen) atoms. The average molecular weight is 425 g/mol. The first-order valence-corrected chi connectivity index (χ1v) is 11.6. The van der Waals surface area contributed by atoms with Crippen molar-refractivity contribution in [2.24, 2.45) is 0 Å². The molecule has 0 radical (unpaired) electrons. The first kappa shape index (κ1) is 20.7. The third-order valence-corrected chi connectivity index (χ3v) is 7.23. The molecule has 1 aliphatic rings. The lowest BCUT2D eigenvalue weighted by Gasteiger charge is -2.23. The van der Waals surface area contributed by atoms with E-state index in [0.717, 1.165) is 17.8 Å². The summed E-state index contributed by atoms with van der Waals surface area (Å²) in [6.07, 6.45) is 2.85. The molecule has 0 aliphatic carbocycles.